The summed E-state index contributed by atoms with van der Waals surface area (Å²) in [5, 5.41) is 15.1. The number of pyridine rings is 1. The van der Waals surface area contributed by atoms with Crippen LogP contribution in [0.5, 0.6) is 0 Å². The van der Waals surface area contributed by atoms with Gasteiger partial charge in [0.2, 0.25) is 5.65 Å². The highest BCUT2D eigenvalue weighted by Crippen LogP contribution is 2.35. The van der Waals surface area contributed by atoms with Crippen LogP contribution in [0.2, 0.25) is 0 Å². The molecule has 6 N–H and O–H groups in total. The first kappa shape index (κ1) is 20.4. The maximum Gasteiger partial charge on any atom is 0.203 e. The average Bonchev–Trinajstić information content (AvgIpc) is 3.50. The summed E-state index contributed by atoms with van der Waals surface area (Å²) >= 11 is 0. The smallest absolute Gasteiger partial charge is 0.203 e. The number of aromatic amines is 1. The van der Waals surface area contributed by atoms with Gasteiger partial charge in [0.1, 0.15) is 11.3 Å². The molecule has 2 aromatic heterocycles. The Kier molecular flexibility index (Phi) is 6.11. The molecule has 3 heterocycles. The third-order valence-electron chi connectivity index (χ3n) is 7.05. The molecule has 31 heavy (non-hydrogen) atoms. The molecule has 2 fully saturated rings. The summed E-state index contributed by atoms with van der Waals surface area (Å²) in [6.07, 6.45) is 6.06. The molecular formula is C23H32N8. The SMILES string of the molecule is Nc1cc(C(CCNC2CCC(c3ccccc3)CC2)C2CNNC2)c2n[nH]nc2n1. The molecule has 1 aliphatic heterocycles. The minimum atomic E-state index is 0.341. The molecular weight excluding hydrogens is 388 g/mol. The van der Waals surface area contributed by atoms with Crippen LogP contribution in [0.1, 0.15) is 55.1 Å². The molecule has 8 nitrogen and oxygen atoms in total. The zero-order valence-electron chi connectivity index (χ0n) is 17.8. The fourth-order valence-corrected chi connectivity index (χ4v) is 5.37. The Bertz CT molecular complexity index is 974. The van der Waals surface area contributed by atoms with Crippen LogP contribution >= 0.6 is 0 Å². The van der Waals surface area contributed by atoms with Crippen LogP contribution in [0.15, 0.2) is 36.4 Å². The summed E-state index contributed by atoms with van der Waals surface area (Å²) in [7, 11) is 0. The van der Waals surface area contributed by atoms with Gasteiger partial charge in [-0.15, -0.1) is 5.10 Å². The van der Waals surface area contributed by atoms with Crippen molar-refractivity contribution in [1.29, 1.82) is 0 Å². The van der Waals surface area contributed by atoms with Gasteiger partial charge < -0.3 is 11.1 Å². The highest BCUT2D eigenvalue weighted by molar-refractivity contribution is 5.76. The molecule has 1 aliphatic carbocycles. The Hall–Kier alpha value is -2.55. The summed E-state index contributed by atoms with van der Waals surface area (Å²) in [5.74, 6) is 2.04. The van der Waals surface area contributed by atoms with Crippen molar-refractivity contribution in [3.8, 4) is 0 Å². The van der Waals surface area contributed by atoms with Crippen LogP contribution in [-0.2, 0) is 0 Å². The van der Waals surface area contributed by atoms with Crippen molar-refractivity contribution >= 4 is 17.0 Å². The second kappa shape index (κ2) is 9.30. The van der Waals surface area contributed by atoms with E-state index in [2.05, 4.69) is 66.9 Å². The zero-order chi connectivity index (χ0) is 21.0. The third kappa shape index (κ3) is 4.56. The summed E-state index contributed by atoms with van der Waals surface area (Å²) in [5.41, 5.74) is 16.7. The lowest BCUT2D eigenvalue weighted by molar-refractivity contribution is 0.331. The van der Waals surface area contributed by atoms with E-state index in [1.165, 1.54) is 31.2 Å². The summed E-state index contributed by atoms with van der Waals surface area (Å²) in [6, 6.07) is 13.6. The predicted molar refractivity (Wildman–Crippen MR) is 122 cm³/mol. The maximum atomic E-state index is 6.09. The molecule has 1 atom stereocenters. The number of hydrazine groups is 1. The lowest BCUT2D eigenvalue weighted by Gasteiger charge is -2.30. The fourth-order valence-electron chi connectivity index (χ4n) is 5.37. The lowest BCUT2D eigenvalue weighted by Crippen LogP contribution is -2.34. The minimum Gasteiger partial charge on any atom is -0.384 e. The summed E-state index contributed by atoms with van der Waals surface area (Å²) in [6.45, 7) is 2.87. The van der Waals surface area contributed by atoms with Gasteiger partial charge >= 0.3 is 0 Å². The Morgan fingerprint density at radius 2 is 1.81 bits per heavy atom. The second-order valence-corrected chi connectivity index (χ2v) is 8.96. The van der Waals surface area contributed by atoms with E-state index in [1.807, 2.05) is 6.07 Å². The second-order valence-electron chi connectivity index (χ2n) is 8.96. The first-order valence-corrected chi connectivity index (χ1v) is 11.5. The molecule has 0 bridgehead atoms. The number of benzene rings is 1. The highest BCUT2D eigenvalue weighted by Gasteiger charge is 2.29. The zero-order valence-corrected chi connectivity index (χ0v) is 17.8. The number of nitrogens with two attached hydrogens (primary N) is 1. The van der Waals surface area contributed by atoms with Crippen molar-refractivity contribution in [2.45, 2.75) is 50.0 Å². The van der Waals surface area contributed by atoms with Gasteiger partial charge in [-0.05, 0) is 73.6 Å². The molecule has 164 valence electrons. The minimum absolute atomic E-state index is 0.341. The number of hydrogen-bond acceptors (Lipinski definition) is 7. The molecule has 8 heteroatoms. The van der Waals surface area contributed by atoms with Gasteiger partial charge in [0.05, 0.1) is 0 Å². The number of nitrogens with zero attached hydrogens (tertiary/aromatic N) is 3. The molecule has 1 unspecified atom stereocenters. The van der Waals surface area contributed by atoms with Crippen molar-refractivity contribution in [2.75, 3.05) is 25.4 Å². The Labute approximate surface area is 182 Å². The molecule has 2 aliphatic rings. The molecule has 3 aromatic rings. The monoisotopic (exact) mass is 420 g/mol. The molecule has 1 saturated heterocycles. The summed E-state index contributed by atoms with van der Waals surface area (Å²) < 4.78 is 0. The van der Waals surface area contributed by atoms with E-state index in [0.717, 1.165) is 37.1 Å². The van der Waals surface area contributed by atoms with Crippen molar-refractivity contribution < 1.29 is 0 Å². The number of fused-ring (bicyclic) bond motifs is 1. The number of H-pyrrole nitrogens is 1. The molecule has 0 spiro atoms. The van der Waals surface area contributed by atoms with Crippen LogP contribution in [0.3, 0.4) is 0 Å². The van der Waals surface area contributed by atoms with E-state index in [4.69, 9.17) is 5.73 Å². The largest absolute Gasteiger partial charge is 0.384 e. The summed E-state index contributed by atoms with van der Waals surface area (Å²) in [4.78, 5) is 4.32. The van der Waals surface area contributed by atoms with Gasteiger partial charge in [-0.2, -0.15) is 10.3 Å². The number of nitrogen functional groups attached to an aromatic ring is 1. The number of anilines is 1. The van der Waals surface area contributed by atoms with Crippen molar-refractivity contribution in [3.63, 3.8) is 0 Å². The van der Waals surface area contributed by atoms with Crippen LogP contribution in [-0.4, -0.2) is 46.1 Å². The number of aromatic nitrogens is 4. The molecule has 5 rings (SSSR count). The van der Waals surface area contributed by atoms with Gasteiger partial charge in [0.25, 0.3) is 0 Å². The van der Waals surface area contributed by atoms with Crippen LogP contribution < -0.4 is 21.9 Å². The van der Waals surface area contributed by atoms with Gasteiger partial charge in [-0.25, -0.2) is 4.98 Å². The molecule has 0 radical (unpaired) electrons. The quantitative estimate of drug-likeness (QED) is 0.399. The topological polar surface area (TPSA) is 117 Å². The van der Waals surface area contributed by atoms with Gasteiger partial charge in [-0.3, -0.25) is 10.9 Å². The highest BCUT2D eigenvalue weighted by atomic mass is 15.4. The Morgan fingerprint density at radius 3 is 2.58 bits per heavy atom. The van der Waals surface area contributed by atoms with Crippen LogP contribution in [0.25, 0.3) is 11.2 Å². The van der Waals surface area contributed by atoms with E-state index in [9.17, 15) is 0 Å². The predicted octanol–water partition coefficient (Wildman–Crippen LogP) is 2.45. The van der Waals surface area contributed by atoms with Crippen molar-refractivity contribution in [3.05, 3.63) is 47.5 Å². The third-order valence-corrected chi connectivity index (χ3v) is 7.05. The fraction of sp³-hybridized carbons (Fsp3) is 0.522. The van der Waals surface area contributed by atoms with E-state index in [0.29, 0.717) is 35.3 Å². The first-order valence-electron chi connectivity index (χ1n) is 11.5. The normalized spacial score (nSPS) is 23.4. The van der Waals surface area contributed by atoms with Crippen molar-refractivity contribution in [2.24, 2.45) is 5.92 Å². The average molecular weight is 421 g/mol. The molecule has 1 aromatic carbocycles. The molecule has 0 amide bonds. The Morgan fingerprint density at radius 1 is 1.03 bits per heavy atom. The standard InChI is InChI=1S/C23H32N8/c24-21-12-20(22-23(28-21)30-31-29-22)19(17-13-26-27-14-17)10-11-25-18-8-6-16(7-9-18)15-4-2-1-3-5-15/h1-5,12,16-19,25-27H,6-11,13-14H2,(H3,24,28,29,30,31). The first-order chi connectivity index (χ1) is 15.3. The van der Waals surface area contributed by atoms with E-state index in [-0.39, 0.29) is 0 Å². The van der Waals surface area contributed by atoms with E-state index >= 15 is 0 Å². The maximum absolute atomic E-state index is 6.09. The number of rotatable bonds is 7. The number of hydrogen-bond donors (Lipinski definition) is 5. The van der Waals surface area contributed by atoms with Crippen LogP contribution in [0.4, 0.5) is 5.82 Å². The van der Waals surface area contributed by atoms with Gasteiger partial charge in [-0.1, -0.05) is 30.3 Å². The van der Waals surface area contributed by atoms with E-state index < -0.39 is 0 Å². The lowest BCUT2D eigenvalue weighted by atomic mass is 9.81. The molecule has 1 saturated carbocycles. The van der Waals surface area contributed by atoms with Gasteiger partial charge in [0.15, 0.2) is 0 Å². The van der Waals surface area contributed by atoms with Crippen molar-refractivity contribution in [1.82, 2.24) is 36.6 Å². The van der Waals surface area contributed by atoms with E-state index in [1.54, 1.807) is 0 Å². The Balaban J connectivity index is 1.21. The van der Waals surface area contributed by atoms with Gasteiger partial charge in [0, 0.05) is 19.1 Å². The number of nitrogens with one attached hydrogen (secondary N) is 4. The van der Waals surface area contributed by atoms with Crippen LogP contribution in [0, 0.1) is 5.92 Å².